The van der Waals surface area contributed by atoms with E-state index in [-0.39, 0.29) is 5.11 Å². The third-order valence-corrected chi connectivity index (χ3v) is 5.39. The van der Waals surface area contributed by atoms with Gasteiger partial charge in [0, 0.05) is 26.2 Å². The number of ether oxygens (including phenoxy) is 1. The Morgan fingerprint density at radius 3 is 2.47 bits per heavy atom. The Labute approximate surface area is 185 Å². The molecule has 1 aliphatic rings. The number of amides is 1. The third kappa shape index (κ3) is 5.27. The summed E-state index contributed by atoms with van der Waals surface area (Å²) in [5.41, 5.74) is 2.22. The Balaban J connectivity index is 1.81. The highest BCUT2D eigenvalue weighted by Crippen LogP contribution is 2.28. The quantitative estimate of drug-likeness (QED) is 0.552. The number of halogens is 1. The molecule has 1 saturated heterocycles. The second kappa shape index (κ2) is 9.88. The molecule has 158 valence electrons. The lowest BCUT2D eigenvalue weighted by atomic mass is 10.1. The van der Waals surface area contributed by atoms with Gasteiger partial charge < -0.3 is 19.9 Å². The molecule has 0 atom stereocenters. The first kappa shape index (κ1) is 22.0. The topological polar surface area (TPSA) is 73.9 Å². The van der Waals surface area contributed by atoms with Gasteiger partial charge in [0.1, 0.15) is 0 Å². The van der Waals surface area contributed by atoms with E-state index in [1.807, 2.05) is 6.07 Å². The number of anilines is 2. The molecular formula is C21H23ClN4O3S. The van der Waals surface area contributed by atoms with Gasteiger partial charge in [-0.15, -0.1) is 0 Å². The fourth-order valence-corrected chi connectivity index (χ4v) is 3.60. The van der Waals surface area contributed by atoms with Crippen LogP contribution in [0.3, 0.4) is 0 Å². The van der Waals surface area contributed by atoms with Crippen LogP contribution < -0.4 is 15.5 Å². The van der Waals surface area contributed by atoms with E-state index < -0.39 is 11.9 Å². The lowest BCUT2D eigenvalue weighted by molar-refractivity contribution is 0.0600. The van der Waals surface area contributed by atoms with Crippen molar-refractivity contribution in [3.63, 3.8) is 0 Å². The standard InChI is InChI=1S/C21H23ClN4O3S/c1-25-9-11-26(12-10-25)18-8-7-14(20(28)29-2)13-17(18)23-21(30)24-19(27)15-5-3-4-6-16(15)22/h3-8,13H,9-12H2,1-2H3,(H2,23,24,27,30). The van der Waals surface area contributed by atoms with Crippen LogP contribution in [0.2, 0.25) is 5.02 Å². The number of carbonyl (C=O) groups excluding carboxylic acids is 2. The monoisotopic (exact) mass is 446 g/mol. The summed E-state index contributed by atoms with van der Waals surface area (Å²) in [4.78, 5) is 29.0. The first-order valence-corrected chi connectivity index (χ1v) is 10.2. The van der Waals surface area contributed by atoms with E-state index in [2.05, 4.69) is 27.5 Å². The fourth-order valence-electron chi connectivity index (χ4n) is 3.17. The van der Waals surface area contributed by atoms with Gasteiger partial charge >= 0.3 is 5.97 Å². The van der Waals surface area contributed by atoms with Crippen molar-refractivity contribution in [1.82, 2.24) is 10.2 Å². The molecule has 0 bridgehead atoms. The number of likely N-dealkylation sites (N-methyl/N-ethyl adjacent to an activating group) is 1. The molecule has 9 heteroatoms. The summed E-state index contributed by atoms with van der Waals surface area (Å²) in [5.74, 6) is -0.864. The second-order valence-electron chi connectivity index (χ2n) is 6.90. The van der Waals surface area contributed by atoms with Crippen LogP contribution >= 0.6 is 23.8 Å². The predicted molar refractivity (Wildman–Crippen MR) is 123 cm³/mol. The van der Waals surface area contributed by atoms with E-state index >= 15 is 0 Å². The normalized spacial score (nSPS) is 14.2. The van der Waals surface area contributed by atoms with E-state index in [0.717, 1.165) is 31.9 Å². The highest BCUT2D eigenvalue weighted by atomic mass is 35.5. The highest BCUT2D eigenvalue weighted by Gasteiger charge is 2.20. The average molecular weight is 447 g/mol. The summed E-state index contributed by atoms with van der Waals surface area (Å²) in [5, 5.41) is 6.14. The SMILES string of the molecule is COC(=O)c1ccc(N2CCN(C)CC2)c(NC(=S)NC(=O)c2ccccc2Cl)c1. The minimum absolute atomic E-state index is 0.109. The molecule has 2 N–H and O–H groups in total. The lowest BCUT2D eigenvalue weighted by Gasteiger charge is -2.35. The van der Waals surface area contributed by atoms with Crippen molar-refractivity contribution < 1.29 is 14.3 Å². The average Bonchev–Trinajstić information content (AvgIpc) is 2.74. The number of nitrogens with one attached hydrogen (secondary N) is 2. The van der Waals surface area contributed by atoms with Crippen molar-refractivity contribution in [2.45, 2.75) is 0 Å². The smallest absolute Gasteiger partial charge is 0.337 e. The summed E-state index contributed by atoms with van der Waals surface area (Å²) >= 11 is 11.4. The third-order valence-electron chi connectivity index (χ3n) is 4.86. The molecule has 0 saturated carbocycles. The maximum absolute atomic E-state index is 12.5. The van der Waals surface area contributed by atoms with E-state index in [1.165, 1.54) is 7.11 Å². The molecule has 1 fully saturated rings. The molecular weight excluding hydrogens is 424 g/mol. The maximum atomic E-state index is 12.5. The largest absolute Gasteiger partial charge is 0.465 e. The fraction of sp³-hybridized carbons (Fsp3) is 0.286. The lowest BCUT2D eigenvalue weighted by Crippen LogP contribution is -2.45. The van der Waals surface area contributed by atoms with Crippen molar-refractivity contribution in [3.8, 4) is 0 Å². The van der Waals surface area contributed by atoms with Crippen LogP contribution in [0.4, 0.5) is 11.4 Å². The Hall–Kier alpha value is -2.68. The zero-order valence-electron chi connectivity index (χ0n) is 16.8. The summed E-state index contributed by atoms with van der Waals surface area (Å²) in [6, 6.07) is 12.0. The summed E-state index contributed by atoms with van der Waals surface area (Å²) in [6.45, 7) is 3.51. The molecule has 30 heavy (non-hydrogen) atoms. The Bertz CT molecular complexity index is 961. The van der Waals surface area contributed by atoms with Gasteiger partial charge in [-0.1, -0.05) is 23.7 Å². The number of benzene rings is 2. The van der Waals surface area contributed by atoms with Gasteiger partial charge in [0.05, 0.1) is 34.6 Å². The number of hydrogen-bond donors (Lipinski definition) is 2. The number of piperazine rings is 1. The molecule has 3 rings (SSSR count). The minimum Gasteiger partial charge on any atom is -0.465 e. The molecule has 2 aromatic rings. The van der Waals surface area contributed by atoms with Crippen LogP contribution in [-0.2, 0) is 4.74 Å². The zero-order chi connectivity index (χ0) is 21.7. The van der Waals surface area contributed by atoms with E-state index in [0.29, 0.717) is 21.8 Å². The number of nitrogens with zero attached hydrogens (tertiary/aromatic N) is 2. The molecule has 0 spiro atoms. The van der Waals surface area contributed by atoms with Crippen LogP contribution in [-0.4, -0.2) is 62.2 Å². The van der Waals surface area contributed by atoms with Gasteiger partial charge in [0.25, 0.3) is 5.91 Å². The van der Waals surface area contributed by atoms with Gasteiger partial charge in [-0.2, -0.15) is 0 Å². The van der Waals surface area contributed by atoms with E-state index in [1.54, 1.807) is 36.4 Å². The molecule has 1 heterocycles. The van der Waals surface area contributed by atoms with Crippen molar-refractivity contribution in [3.05, 3.63) is 58.6 Å². The molecule has 0 aliphatic carbocycles. The van der Waals surface area contributed by atoms with Crippen LogP contribution in [0.15, 0.2) is 42.5 Å². The Morgan fingerprint density at radius 2 is 1.80 bits per heavy atom. The summed E-state index contributed by atoms with van der Waals surface area (Å²) in [6.07, 6.45) is 0. The van der Waals surface area contributed by atoms with Crippen LogP contribution in [0.1, 0.15) is 20.7 Å². The van der Waals surface area contributed by atoms with Crippen LogP contribution in [0.5, 0.6) is 0 Å². The van der Waals surface area contributed by atoms with E-state index in [9.17, 15) is 9.59 Å². The van der Waals surface area contributed by atoms with E-state index in [4.69, 9.17) is 28.6 Å². The Morgan fingerprint density at radius 1 is 1.10 bits per heavy atom. The first-order valence-electron chi connectivity index (χ1n) is 9.41. The van der Waals surface area contributed by atoms with Gasteiger partial charge in [-0.05, 0) is 49.6 Å². The maximum Gasteiger partial charge on any atom is 0.337 e. The van der Waals surface area contributed by atoms with Crippen LogP contribution in [0, 0.1) is 0 Å². The number of methoxy groups -OCH3 is 1. The van der Waals surface area contributed by atoms with Gasteiger partial charge in [-0.3, -0.25) is 10.1 Å². The molecule has 1 amide bonds. The minimum atomic E-state index is -0.450. The van der Waals surface area contributed by atoms with Crippen molar-refractivity contribution >= 4 is 52.2 Å². The molecule has 2 aromatic carbocycles. The summed E-state index contributed by atoms with van der Waals surface area (Å²) in [7, 11) is 3.41. The molecule has 1 aliphatic heterocycles. The Kier molecular flexibility index (Phi) is 7.25. The number of hydrogen-bond acceptors (Lipinski definition) is 6. The molecule has 0 radical (unpaired) electrons. The number of rotatable bonds is 4. The second-order valence-corrected chi connectivity index (χ2v) is 7.72. The summed E-state index contributed by atoms with van der Waals surface area (Å²) < 4.78 is 4.83. The van der Waals surface area contributed by atoms with Gasteiger partial charge in [-0.25, -0.2) is 4.79 Å². The van der Waals surface area contributed by atoms with Crippen LogP contribution in [0.25, 0.3) is 0 Å². The zero-order valence-corrected chi connectivity index (χ0v) is 18.3. The molecule has 0 unspecified atom stereocenters. The predicted octanol–water partition coefficient (Wildman–Crippen LogP) is 3.01. The number of carbonyl (C=O) groups is 2. The van der Waals surface area contributed by atoms with Crippen molar-refractivity contribution in [1.29, 1.82) is 0 Å². The first-order chi connectivity index (χ1) is 14.4. The molecule has 7 nitrogen and oxygen atoms in total. The highest BCUT2D eigenvalue weighted by molar-refractivity contribution is 7.80. The van der Waals surface area contributed by atoms with Crippen molar-refractivity contribution in [2.24, 2.45) is 0 Å². The van der Waals surface area contributed by atoms with Gasteiger partial charge in [0.15, 0.2) is 5.11 Å². The van der Waals surface area contributed by atoms with Crippen molar-refractivity contribution in [2.75, 3.05) is 50.6 Å². The number of thiocarbonyl (C=S) groups is 1. The molecule has 0 aromatic heterocycles. The van der Waals surface area contributed by atoms with Gasteiger partial charge in [0.2, 0.25) is 0 Å². The number of esters is 1.